The van der Waals surface area contributed by atoms with Crippen LogP contribution in [0.3, 0.4) is 0 Å². The van der Waals surface area contributed by atoms with Crippen LogP contribution in [0.1, 0.15) is 38.5 Å². The summed E-state index contributed by atoms with van der Waals surface area (Å²) in [7, 11) is 0. The first kappa shape index (κ1) is 54.5. The van der Waals surface area contributed by atoms with Gasteiger partial charge >= 0.3 is 52.6 Å². The second kappa shape index (κ2) is 32.6. The van der Waals surface area contributed by atoms with E-state index in [0.717, 1.165) is 0 Å². The molecule has 204 valence electrons. The van der Waals surface area contributed by atoms with Crippen LogP contribution in [0.5, 0.6) is 0 Å². The van der Waals surface area contributed by atoms with Crippen LogP contribution in [0.15, 0.2) is 0 Å². The summed E-state index contributed by atoms with van der Waals surface area (Å²) >= 11 is 0. The monoisotopic (exact) mass is 647 g/mol. The van der Waals surface area contributed by atoms with Gasteiger partial charge in [0, 0.05) is 37.4 Å². The Morgan fingerprint density at radius 3 is 0.743 bits per heavy atom. The Labute approximate surface area is 240 Å². The Balaban J connectivity index is -0.0000000486. The largest absolute Gasteiger partial charge is 3.00 e. The van der Waals surface area contributed by atoms with Crippen LogP contribution in [0.2, 0.25) is 0 Å². The van der Waals surface area contributed by atoms with Gasteiger partial charge in [0.1, 0.15) is 0 Å². The van der Waals surface area contributed by atoms with Crippen molar-refractivity contribution in [2.45, 2.75) is 56.7 Å². The minimum atomic E-state index is -1.42. The van der Waals surface area contributed by atoms with Gasteiger partial charge in [-0.1, -0.05) is 0 Å². The minimum Gasteiger partial charge on any atom is -1.00 e. The number of hydrogen-bond donors (Lipinski definition) is 6. The van der Waals surface area contributed by atoms with E-state index in [0.29, 0.717) is 0 Å². The number of hydrogen-bond acceptors (Lipinski definition) is 12. The molecule has 15 nitrogen and oxygen atoms in total. The molecule has 0 aromatic rings. The van der Waals surface area contributed by atoms with Crippen LogP contribution in [-0.4, -0.2) is 69.3 Å². The van der Waals surface area contributed by atoms with Gasteiger partial charge in [-0.2, -0.15) is 0 Å². The molecule has 20 heteroatoms. The molecule has 0 rings (SSSR count). The number of carboxylic acid groups (broad SMARTS) is 6. The summed E-state index contributed by atoms with van der Waals surface area (Å²) < 4.78 is 0. The summed E-state index contributed by atoms with van der Waals surface area (Å²) in [6.45, 7) is 0. The number of aliphatic carboxylic acids is 6. The molecule has 0 spiro atoms. The van der Waals surface area contributed by atoms with Gasteiger partial charge in [-0.25, -0.2) is 0 Å². The third kappa shape index (κ3) is 46.6. The third-order valence-corrected chi connectivity index (χ3v) is 2.92. The van der Waals surface area contributed by atoms with Crippen LogP contribution < -0.4 is 69.7 Å². The molecular formula is C15H24Cl3Cr2N3O12. The number of rotatable bonds is 12. The van der Waals surface area contributed by atoms with Crippen molar-refractivity contribution in [2.24, 2.45) is 17.2 Å². The number of carbonyl (C=O) groups is 6. The summed E-state index contributed by atoms with van der Waals surface area (Å²) in [5, 5.41) is 53.9. The molecule has 0 aliphatic carbocycles. The number of nitrogens with two attached hydrogens (primary N) is 3. The molecule has 0 aromatic carbocycles. The molecule has 0 unspecified atom stereocenters. The maximum atomic E-state index is 9.88. The molecule has 35 heavy (non-hydrogen) atoms. The van der Waals surface area contributed by atoms with Gasteiger partial charge in [-0.05, 0) is 19.3 Å². The molecule has 0 bridgehead atoms. The van der Waals surface area contributed by atoms with Crippen LogP contribution in [0, 0.1) is 0 Å². The van der Waals surface area contributed by atoms with E-state index in [2.05, 4.69) is 0 Å². The molecule has 0 heterocycles. The van der Waals surface area contributed by atoms with E-state index in [1.807, 2.05) is 0 Å². The summed E-state index contributed by atoms with van der Waals surface area (Å²) in [6, 6.07) is -3.51. The summed E-state index contributed by atoms with van der Waals surface area (Å²) in [4.78, 5) is 59.2. The van der Waals surface area contributed by atoms with Crippen molar-refractivity contribution >= 4 is 35.8 Å². The first-order chi connectivity index (χ1) is 13.6. The van der Waals surface area contributed by atoms with E-state index in [4.69, 9.17) is 32.5 Å². The predicted molar refractivity (Wildman–Crippen MR) is 89.6 cm³/mol. The molecule has 0 saturated heterocycles. The number of halogens is 3. The van der Waals surface area contributed by atoms with Gasteiger partial charge in [0.05, 0.1) is 17.9 Å². The molecule has 0 aliphatic rings. The second-order valence-electron chi connectivity index (χ2n) is 5.57. The Morgan fingerprint density at radius 2 is 0.657 bits per heavy atom. The molecule has 0 fully saturated rings. The number of carboxylic acids is 6. The van der Waals surface area contributed by atoms with Crippen molar-refractivity contribution < 1.29 is 131 Å². The van der Waals surface area contributed by atoms with Crippen LogP contribution in [0.4, 0.5) is 0 Å². The van der Waals surface area contributed by atoms with Gasteiger partial charge in [0.2, 0.25) is 0 Å². The Kier molecular flexibility index (Phi) is 50.8. The zero-order valence-electron chi connectivity index (χ0n) is 17.7. The van der Waals surface area contributed by atoms with E-state index in [-0.39, 0.29) is 110 Å². The maximum Gasteiger partial charge on any atom is 3.00 e. The van der Waals surface area contributed by atoms with E-state index < -0.39 is 53.9 Å². The molecular weight excluding hydrogens is 625 g/mol. The Morgan fingerprint density at radius 1 is 0.514 bits per heavy atom. The van der Waals surface area contributed by atoms with Crippen molar-refractivity contribution in [3.8, 4) is 0 Å². The summed E-state index contributed by atoms with van der Waals surface area (Å²) in [6.07, 6.45) is -0.980. The van der Waals surface area contributed by atoms with E-state index in [1.54, 1.807) is 0 Å². The van der Waals surface area contributed by atoms with Gasteiger partial charge in [-0.15, -0.1) is 0 Å². The van der Waals surface area contributed by atoms with E-state index in [1.165, 1.54) is 0 Å². The maximum absolute atomic E-state index is 9.88. The van der Waals surface area contributed by atoms with Gasteiger partial charge in [0.15, 0.2) is 0 Å². The summed E-state index contributed by atoms with van der Waals surface area (Å²) in [5.74, 6) is -7.42. The fraction of sp³-hybridized carbons (Fsp3) is 0.600. The molecule has 2 radical (unpaired) electrons. The van der Waals surface area contributed by atoms with Crippen molar-refractivity contribution in [3.05, 3.63) is 0 Å². The molecule has 0 aliphatic heterocycles. The zero-order chi connectivity index (χ0) is 24.4. The predicted octanol–water partition coefficient (Wildman–Crippen LogP) is -15.2. The van der Waals surface area contributed by atoms with Crippen LogP contribution >= 0.6 is 0 Å². The molecule has 3 atom stereocenters. The van der Waals surface area contributed by atoms with Gasteiger partial charge in [-0.3, -0.25) is 14.4 Å². The standard InChI is InChI=1S/3C5H9NO4.3ClH.2Cr/c3*6-3(5(9)10)1-2-4(7)8;;;;;/h3*3H,1-2,6H2,(H,7,8)(H,9,10);3*1H;;/q;;;;;;2*+3/p-6/t3*3-;;;;;/m000...../s1. The average molecular weight is 649 g/mol. The van der Waals surface area contributed by atoms with Crippen molar-refractivity contribution in [2.75, 3.05) is 0 Å². The third-order valence-electron chi connectivity index (χ3n) is 2.92. The quantitative estimate of drug-likeness (QED) is 0.114. The van der Waals surface area contributed by atoms with Gasteiger partial charge in [0.25, 0.3) is 0 Å². The molecule has 0 saturated carbocycles. The molecule has 0 aromatic heterocycles. The fourth-order valence-electron chi connectivity index (χ4n) is 1.19. The van der Waals surface area contributed by atoms with Crippen LogP contribution in [-0.2, 0) is 63.5 Å². The second-order valence-corrected chi connectivity index (χ2v) is 5.57. The van der Waals surface area contributed by atoms with Crippen molar-refractivity contribution in [1.82, 2.24) is 0 Å². The summed E-state index contributed by atoms with van der Waals surface area (Å²) in [5.41, 5.74) is 14.8. The van der Waals surface area contributed by atoms with Crippen molar-refractivity contribution in [1.29, 1.82) is 0 Å². The van der Waals surface area contributed by atoms with E-state index in [9.17, 15) is 44.1 Å². The zero-order valence-corrected chi connectivity index (χ0v) is 22.5. The van der Waals surface area contributed by atoms with E-state index >= 15 is 0 Å². The Bertz CT molecular complexity index is 540. The first-order valence-corrected chi connectivity index (χ1v) is 8.16. The SMILES string of the molecule is N[C@@H](CCC(=O)O)C(=O)[O-].N[C@@H](CCC(=O)O)C(=O)[O-].N[C@@H](CCC(=O)O)C(=O)[O-].[Cl-].[Cl-].[Cl-].[Cr+3].[Cr+3]. The molecule has 0 amide bonds. The topological polar surface area (TPSA) is 310 Å². The number of carbonyl (C=O) groups excluding carboxylic acids is 3. The van der Waals surface area contributed by atoms with Gasteiger partial charge < -0.3 is 99.4 Å². The normalized spacial score (nSPS) is 10.7. The molecule has 9 N–H and O–H groups in total. The fourth-order valence-corrected chi connectivity index (χ4v) is 1.19. The first-order valence-electron chi connectivity index (χ1n) is 8.16. The minimum absolute atomic E-state index is 0. The van der Waals surface area contributed by atoms with Crippen molar-refractivity contribution in [3.63, 3.8) is 0 Å². The smallest absolute Gasteiger partial charge is 1.00 e. The van der Waals surface area contributed by atoms with Crippen LogP contribution in [0.25, 0.3) is 0 Å². The Hall–Kier alpha value is -1.37. The average Bonchev–Trinajstić information content (AvgIpc) is 2.62.